The van der Waals surface area contributed by atoms with Gasteiger partial charge in [0.1, 0.15) is 5.75 Å². The maximum atomic E-state index is 12.8. The number of amides is 1. The van der Waals surface area contributed by atoms with Crippen molar-refractivity contribution in [3.8, 4) is 5.75 Å². The highest BCUT2D eigenvalue weighted by Crippen LogP contribution is 2.21. The summed E-state index contributed by atoms with van der Waals surface area (Å²) < 4.78 is 8.59. The van der Waals surface area contributed by atoms with Gasteiger partial charge in [0.25, 0.3) is 11.5 Å². The summed E-state index contributed by atoms with van der Waals surface area (Å²) in [6, 6.07) is 7.13. The molecular formula is C21H25N5O3. The second kappa shape index (κ2) is 7.69. The standard InChI is InChI=1S/C21H25N5O3/c1-14-10-19(23-24(14)2)21(28)25-8-6-15(7-9-25)12-26-13-22-18-11-16(29-3)4-5-17(18)20(26)27/h4-5,10-11,13,15H,6-9,12H2,1-3H3. The quantitative estimate of drug-likeness (QED) is 0.675. The highest BCUT2D eigenvalue weighted by Gasteiger charge is 2.25. The van der Waals surface area contributed by atoms with Gasteiger partial charge in [-0.15, -0.1) is 0 Å². The van der Waals surface area contributed by atoms with E-state index in [-0.39, 0.29) is 11.5 Å². The molecule has 8 heteroatoms. The lowest BCUT2D eigenvalue weighted by molar-refractivity contribution is 0.0675. The van der Waals surface area contributed by atoms with Gasteiger partial charge < -0.3 is 9.64 Å². The largest absolute Gasteiger partial charge is 0.497 e. The molecule has 0 spiro atoms. The van der Waals surface area contributed by atoms with E-state index in [0.717, 1.165) is 18.5 Å². The fraction of sp³-hybridized carbons (Fsp3) is 0.429. The zero-order valence-corrected chi connectivity index (χ0v) is 17.0. The Bertz CT molecular complexity index is 1090. The molecule has 29 heavy (non-hydrogen) atoms. The lowest BCUT2D eigenvalue weighted by Gasteiger charge is -2.31. The Morgan fingerprint density at radius 1 is 1.24 bits per heavy atom. The van der Waals surface area contributed by atoms with Crippen molar-refractivity contribution in [1.29, 1.82) is 0 Å². The third kappa shape index (κ3) is 3.74. The number of aromatic nitrogens is 4. The molecule has 2 aromatic heterocycles. The molecule has 3 heterocycles. The van der Waals surface area contributed by atoms with Gasteiger partial charge in [0.15, 0.2) is 5.69 Å². The molecule has 4 rings (SSSR count). The predicted molar refractivity (Wildman–Crippen MR) is 109 cm³/mol. The topological polar surface area (TPSA) is 82.2 Å². The summed E-state index contributed by atoms with van der Waals surface area (Å²) >= 11 is 0. The molecule has 0 N–H and O–H groups in total. The lowest BCUT2D eigenvalue weighted by Crippen LogP contribution is -2.40. The Kier molecular flexibility index (Phi) is 5.08. The SMILES string of the molecule is COc1ccc2c(=O)n(CC3CCN(C(=O)c4cc(C)n(C)n4)CC3)cnc2c1. The number of hydrogen-bond acceptors (Lipinski definition) is 5. The summed E-state index contributed by atoms with van der Waals surface area (Å²) in [5, 5.41) is 4.88. The van der Waals surface area contributed by atoms with Gasteiger partial charge in [-0.3, -0.25) is 18.8 Å². The van der Waals surface area contributed by atoms with Crippen LogP contribution in [0.15, 0.2) is 35.4 Å². The van der Waals surface area contributed by atoms with Crippen molar-refractivity contribution in [3.63, 3.8) is 0 Å². The third-order valence-electron chi connectivity index (χ3n) is 5.72. The maximum absolute atomic E-state index is 12.8. The number of piperidine rings is 1. The van der Waals surface area contributed by atoms with E-state index in [2.05, 4.69) is 10.1 Å². The molecule has 0 bridgehead atoms. The van der Waals surface area contributed by atoms with Gasteiger partial charge >= 0.3 is 0 Å². The van der Waals surface area contributed by atoms with Crippen molar-refractivity contribution in [2.24, 2.45) is 13.0 Å². The molecule has 1 aliphatic rings. The number of carbonyl (C=O) groups is 1. The smallest absolute Gasteiger partial charge is 0.274 e. The number of carbonyl (C=O) groups excluding carboxylic acids is 1. The molecule has 1 aromatic carbocycles. The summed E-state index contributed by atoms with van der Waals surface area (Å²) in [7, 11) is 3.43. The number of hydrogen-bond donors (Lipinski definition) is 0. The molecule has 0 radical (unpaired) electrons. The van der Waals surface area contributed by atoms with E-state index in [4.69, 9.17) is 4.74 Å². The van der Waals surface area contributed by atoms with Crippen LogP contribution in [-0.2, 0) is 13.6 Å². The van der Waals surface area contributed by atoms with Crippen molar-refractivity contribution in [3.05, 3.63) is 52.3 Å². The highest BCUT2D eigenvalue weighted by molar-refractivity contribution is 5.92. The minimum Gasteiger partial charge on any atom is -0.497 e. The molecule has 0 aliphatic carbocycles. The van der Waals surface area contributed by atoms with Crippen LogP contribution in [0.25, 0.3) is 10.9 Å². The van der Waals surface area contributed by atoms with Gasteiger partial charge in [0, 0.05) is 38.4 Å². The first-order chi connectivity index (χ1) is 14.0. The number of benzene rings is 1. The van der Waals surface area contributed by atoms with Crippen LogP contribution in [0.2, 0.25) is 0 Å². The Labute approximate surface area is 168 Å². The Morgan fingerprint density at radius 2 is 2.00 bits per heavy atom. The first-order valence-corrected chi connectivity index (χ1v) is 9.79. The average molecular weight is 395 g/mol. The van der Waals surface area contributed by atoms with Gasteiger partial charge in [-0.2, -0.15) is 5.10 Å². The summed E-state index contributed by atoms with van der Waals surface area (Å²) in [5.74, 6) is 0.993. The normalized spacial score (nSPS) is 15.1. The molecule has 152 valence electrons. The molecule has 1 fully saturated rings. The summed E-state index contributed by atoms with van der Waals surface area (Å²) in [4.78, 5) is 31.7. The van der Waals surface area contributed by atoms with Crippen molar-refractivity contribution >= 4 is 16.8 Å². The monoisotopic (exact) mass is 395 g/mol. The minimum absolute atomic E-state index is 0.0226. The zero-order valence-electron chi connectivity index (χ0n) is 17.0. The average Bonchev–Trinajstić information content (AvgIpc) is 3.08. The first kappa shape index (κ1) is 19.2. The van der Waals surface area contributed by atoms with E-state index in [0.29, 0.717) is 47.9 Å². The van der Waals surface area contributed by atoms with Crippen LogP contribution in [-0.4, -0.2) is 50.3 Å². The lowest BCUT2D eigenvalue weighted by atomic mass is 9.96. The van der Waals surface area contributed by atoms with E-state index in [9.17, 15) is 9.59 Å². The van der Waals surface area contributed by atoms with Crippen LogP contribution in [0.3, 0.4) is 0 Å². The number of methoxy groups -OCH3 is 1. The van der Waals surface area contributed by atoms with E-state index >= 15 is 0 Å². The van der Waals surface area contributed by atoms with Crippen LogP contribution in [0.4, 0.5) is 0 Å². The van der Waals surface area contributed by atoms with Gasteiger partial charge in [-0.05, 0) is 43.9 Å². The number of aryl methyl sites for hydroxylation is 2. The fourth-order valence-corrected chi connectivity index (χ4v) is 3.82. The van der Waals surface area contributed by atoms with Gasteiger partial charge in [0.05, 0.1) is 24.3 Å². The van der Waals surface area contributed by atoms with E-state index in [1.807, 2.05) is 24.9 Å². The Morgan fingerprint density at radius 3 is 2.66 bits per heavy atom. The summed E-state index contributed by atoms with van der Waals surface area (Å²) in [6.45, 7) is 3.89. The number of nitrogens with zero attached hydrogens (tertiary/aromatic N) is 5. The number of fused-ring (bicyclic) bond motifs is 1. The van der Waals surface area contributed by atoms with Crippen LogP contribution < -0.4 is 10.3 Å². The number of likely N-dealkylation sites (tertiary alicyclic amines) is 1. The zero-order chi connectivity index (χ0) is 20.5. The molecule has 1 aliphatic heterocycles. The van der Waals surface area contributed by atoms with E-state index in [1.54, 1.807) is 40.9 Å². The van der Waals surface area contributed by atoms with Crippen LogP contribution >= 0.6 is 0 Å². The Balaban J connectivity index is 1.42. The van der Waals surface area contributed by atoms with E-state index in [1.165, 1.54) is 0 Å². The number of ether oxygens (including phenoxy) is 1. The maximum Gasteiger partial charge on any atom is 0.274 e. The van der Waals surface area contributed by atoms with Crippen molar-refractivity contribution in [2.45, 2.75) is 26.3 Å². The minimum atomic E-state index is -0.0416. The van der Waals surface area contributed by atoms with Gasteiger partial charge in [-0.25, -0.2) is 4.98 Å². The predicted octanol–water partition coefficient (Wildman–Crippen LogP) is 2.00. The third-order valence-corrected chi connectivity index (χ3v) is 5.72. The molecule has 3 aromatic rings. The first-order valence-electron chi connectivity index (χ1n) is 9.79. The van der Waals surface area contributed by atoms with Crippen molar-refractivity contribution in [1.82, 2.24) is 24.2 Å². The molecular weight excluding hydrogens is 370 g/mol. The highest BCUT2D eigenvalue weighted by atomic mass is 16.5. The van der Waals surface area contributed by atoms with Crippen LogP contribution in [0, 0.1) is 12.8 Å². The molecule has 1 amide bonds. The molecule has 0 atom stereocenters. The van der Waals surface area contributed by atoms with Gasteiger partial charge in [0.2, 0.25) is 0 Å². The van der Waals surface area contributed by atoms with Gasteiger partial charge in [-0.1, -0.05) is 0 Å². The molecule has 1 saturated heterocycles. The fourth-order valence-electron chi connectivity index (χ4n) is 3.82. The second-order valence-corrected chi connectivity index (χ2v) is 7.62. The second-order valence-electron chi connectivity index (χ2n) is 7.62. The molecule has 8 nitrogen and oxygen atoms in total. The summed E-state index contributed by atoms with van der Waals surface area (Å²) in [5.41, 5.74) is 2.05. The van der Waals surface area contributed by atoms with E-state index < -0.39 is 0 Å². The molecule has 0 unspecified atom stereocenters. The number of rotatable bonds is 4. The molecule has 0 saturated carbocycles. The van der Waals surface area contributed by atoms with Crippen LogP contribution in [0.5, 0.6) is 5.75 Å². The van der Waals surface area contributed by atoms with Crippen molar-refractivity contribution < 1.29 is 9.53 Å². The van der Waals surface area contributed by atoms with Crippen molar-refractivity contribution in [2.75, 3.05) is 20.2 Å². The van der Waals surface area contributed by atoms with Crippen LogP contribution in [0.1, 0.15) is 29.0 Å². The summed E-state index contributed by atoms with van der Waals surface area (Å²) in [6.07, 6.45) is 3.31. The Hall–Kier alpha value is -3.16.